The largest absolute Gasteiger partial charge is 0.339 e. The van der Waals surface area contributed by atoms with Crippen molar-refractivity contribution in [2.45, 2.75) is 39.2 Å². The van der Waals surface area contributed by atoms with Crippen LogP contribution in [0.25, 0.3) is 0 Å². The molecule has 0 unspecified atom stereocenters. The Morgan fingerprint density at radius 1 is 0.960 bits per heavy atom. The molecule has 3 heterocycles. The number of aromatic nitrogens is 2. The summed E-state index contributed by atoms with van der Waals surface area (Å²) in [5.74, 6) is 0.188. The van der Waals surface area contributed by atoms with Gasteiger partial charge in [0.2, 0.25) is 5.91 Å². The molecule has 0 aliphatic carbocycles. The summed E-state index contributed by atoms with van der Waals surface area (Å²) in [6.07, 6.45) is 4.31. The van der Waals surface area contributed by atoms with E-state index in [4.69, 9.17) is 0 Å². The average Bonchev–Trinajstić information content (AvgIpc) is 2.86. The summed E-state index contributed by atoms with van der Waals surface area (Å²) in [6.45, 7) is 7.21. The number of likely N-dealkylation sites (N-methyl/N-ethyl adjacent to an activating group) is 1. The number of hydrogen-bond acceptors (Lipinski definition) is 5. The second kappa shape index (κ2) is 7.47. The first-order chi connectivity index (χ1) is 12.0. The minimum absolute atomic E-state index is 0.00858. The van der Waals surface area contributed by atoms with Crippen LogP contribution in [0.2, 0.25) is 0 Å². The van der Waals surface area contributed by atoms with E-state index in [-0.39, 0.29) is 17.9 Å². The minimum atomic E-state index is -0.0251. The summed E-state index contributed by atoms with van der Waals surface area (Å²) in [6, 6.07) is 0.00858. The molecule has 2 fully saturated rings. The Morgan fingerprint density at radius 2 is 1.60 bits per heavy atom. The fourth-order valence-electron chi connectivity index (χ4n) is 3.83. The molecule has 7 heteroatoms. The molecular formula is C18H27N5O2. The standard InChI is InChI=1S/C18H27N5O2/c1-13-16(14(2)20-12-19-13)18(25)23-9-5-8-22(10-11-23)17(24)15-6-4-7-21(15)3/h12,15H,4-11H2,1-3H3/t15-/m0/s1. The molecule has 2 aliphatic rings. The van der Waals surface area contributed by atoms with Crippen molar-refractivity contribution in [3.63, 3.8) is 0 Å². The molecule has 1 atom stereocenters. The van der Waals surface area contributed by atoms with Crippen LogP contribution in [0, 0.1) is 13.8 Å². The van der Waals surface area contributed by atoms with E-state index in [1.807, 2.05) is 30.7 Å². The van der Waals surface area contributed by atoms with Gasteiger partial charge in [-0.15, -0.1) is 0 Å². The lowest BCUT2D eigenvalue weighted by Gasteiger charge is -2.27. The number of nitrogens with zero attached hydrogens (tertiary/aromatic N) is 5. The number of amides is 2. The Labute approximate surface area is 149 Å². The van der Waals surface area contributed by atoms with Gasteiger partial charge in [0.05, 0.1) is 23.0 Å². The molecule has 7 nitrogen and oxygen atoms in total. The lowest BCUT2D eigenvalue weighted by molar-refractivity contribution is -0.135. The van der Waals surface area contributed by atoms with Crippen molar-refractivity contribution < 1.29 is 9.59 Å². The highest BCUT2D eigenvalue weighted by Crippen LogP contribution is 2.19. The first kappa shape index (κ1) is 17.8. The first-order valence-electron chi connectivity index (χ1n) is 9.05. The molecule has 0 spiro atoms. The quantitative estimate of drug-likeness (QED) is 0.795. The van der Waals surface area contributed by atoms with Crippen molar-refractivity contribution in [3.8, 4) is 0 Å². The van der Waals surface area contributed by atoms with Gasteiger partial charge in [-0.1, -0.05) is 0 Å². The third kappa shape index (κ3) is 3.66. The molecule has 136 valence electrons. The number of carbonyl (C=O) groups excluding carboxylic acids is 2. The Hall–Kier alpha value is -2.02. The van der Waals surface area contributed by atoms with Gasteiger partial charge in [0.1, 0.15) is 6.33 Å². The Bertz CT molecular complexity index is 643. The summed E-state index contributed by atoms with van der Waals surface area (Å²) in [4.78, 5) is 39.9. The smallest absolute Gasteiger partial charge is 0.257 e. The highest BCUT2D eigenvalue weighted by Gasteiger charge is 2.33. The van der Waals surface area contributed by atoms with Crippen LogP contribution in [0.15, 0.2) is 6.33 Å². The lowest BCUT2D eigenvalue weighted by atomic mass is 10.1. The van der Waals surface area contributed by atoms with Gasteiger partial charge in [-0.2, -0.15) is 0 Å². The van der Waals surface area contributed by atoms with Gasteiger partial charge in [0, 0.05) is 26.2 Å². The normalized spacial score (nSPS) is 22.1. The Balaban J connectivity index is 1.67. The molecular weight excluding hydrogens is 318 g/mol. The second-order valence-electron chi connectivity index (χ2n) is 7.03. The van der Waals surface area contributed by atoms with Gasteiger partial charge < -0.3 is 9.80 Å². The molecule has 0 bridgehead atoms. The first-order valence-corrected chi connectivity index (χ1v) is 9.05. The molecule has 0 radical (unpaired) electrons. The lowest BCUT2D eigenvalue weighted by Crippen LogP contribution is -2.46. The summed E-state index contributed by atoms with van der Waals surface area (Å²) in [5, 5.41) is 0. The van der Waals surface area contributed by atoms with E-state index in [0.717, 1.165) is 32.4 Å². The average molecular weight is 345 g/mol. The number of rotatable bonds is 2. The van der Waals surface area contributed by atoms with Crippen molar-refractivity contribution in [2.75, 3.05) is 39.8 Å². The van der Waals surface area contributed by atoms with E-state index in [2.05, 4.69) is 14.9 Å². The van der Waals surface area contributed by atoms with Crippen LogP contribution in [-0.2, 0) is 4.79 Å². The maximum absolute atomic E-state index is 12.9. The van der Waals surface area contributed by atoms with Crippen molar-refractivity contribution in [1.29, 1.82) is 0 Å². The number of hydrogen-bond donors (Lipinski definition) is 0. The summed E-state index contributed by atoms with van der Waals surface area (Å²) < 4.78 is 0. The summed E-state index contributed by atoms with van der Waals surface area (Å²) in [5.41, 5.74) is 2.02. The van der Waals surface area contributed by atoms with Gasteiger partial charge in [-0.25, -0.2) is 9.97 Å². The van der Waals surface area contributed by atoms with E-state index >= 15 is 0 Å². The predicted molar refractivity (Wildman–Crippen MR) is 94.3 cm³/mol. The highest BCUT2D eigenvalue weighted by atomic mass is 16.2. The van der Waals surface area contributed by atoms with Crippen LogP contribution in [-0.4, -0.2) is 82.3 Å². The van der Waals surface area contributed by atoms with Crippen LogP contribution in [0.4, 0.5) is 0 Å². The van der Waals surface area contributed by atoms with E-state index in [1.165, 1.54) is 6.33 Å². The molecule has 25 heavy (non-hydrogen) atoms. The van der Waals surface area contributed by atoms with Crippen molar-refractivity contribution >= 4 is 11.8 Å². The second-order valence-corrected chi connectivity index (χ2v) is 7.03. The molecule has 1 aromatic heterocycles. The van der Waals surface area contributed by atoms with Gasteiger partial charge in [0.25, 0.3) is 5.91 Å². The summed E-state index contributed by atoms with van der Waals surface area (Å²) >= 11 is 0. The molecule has 2 amide bonds. The third-order valence-corrected chi connectivity index (χ3v) is 5.34. The topological polar surface area (TPSA) is 69.6 Å². The highest BCUT2D eigenvalue weighted by molar-refractivity contribution is 5.96. The van der Waals surface area contributed by atoms with Crippen LogP contribution in [0.3, 0.4) is 0 Å². The van der Waals surface area contributed by atoms with Crippen LogP contribution >= 0.6 is 0 Å². The third-order valence-electron chi connectivity index (χ3n) is 5.34. The van der Waals surface area contributed by atoms with Crippen molar-refractivity contribution in [2.24, 2.45) is 0 Å². The Morgan fingerprint density at radius 3 is 2.24 bits per heavy atom. The van der Waals surface area contributed by atoms with E-state index in [9.17, 15) is 9.59 Å². The maximum atomic E-state index is 12.9. The monoisotopic (exact) mass is 345 g/mol. The molecule has 0 N–H and O–H groups in total. The molecule has 2 saturated heterocycles. The van der Waals surface area contributed by atoms with Gasteiger partial charge >= 0.3 is 0 Å². The molecule has 3 rings (SSSR count). The number of aryl methyl sites for hydroxylation is 2. The molecule has 0 aromatic carbocycles. The van der Waals surface area contributed by atoms with Gasteiger partial charge in [-0.3, -0.25) is 14.5 Å². The fourth-order valence-corrected chi connectivity index (χ4v) is 3.83. The fraction of sp³-hybridized carbons (Fsp3) is 0.667. The predicted octanol–water partition coefficient (Wildman–Crippen LogP) is 0.862. The molecule has 0 saturated carbocycles. The van der Waals surface area contributed by atoms with E-state index in [0.29, 0.717) is 36.6 Å². The van der Waals surface area contributed by atoms with Gasteiger partial charge in [0.15, 0.2) is 0 Å². The van der Waals surface area contributed by atoms with E-state index in [1.54, 1.807) is 0 Å². The van der Waals surface area contributed by atoms with Crippen LogP contribution in [0.1, 0.15) is 41.0 Å². The van der Waals surface area contributed by atoms with Crippen LogP contribution < -0.4 is 0 Å². The molecule has 1 aromatic rings. The Kier molecular flexibility index (Phi) is 5.32. The summed E-state index contributed by atoms with van der Waals surface area (Å²) in [7, 11) is 2.02. The molecule has 2 aliphatic heterocycles. The van der Waals surface area contributed by atoms with Crippen molar-refractivity contribution in [1.82, 2.24) is 24.7 Å². The zero-order chi connectivity index (χ0) is 18.0. The van der Waals surface area contributed by atoms with Crippen molar-refractivity contribution in [3.05, 3.63) is 23.3 Å². The zero-order valence-corrected chi connectivity index (χ0v) is 15.4. The minimum Gasteiger partial charge on any atom is -0.339 e. The number of carbonyl (C=O) groups is 2. The number of likely N-dealkylation sites (tertiary alicyclic amines) is 1. The SMILES string of the molecule is Cc1ncnc(C)c1C(=O)N1CCCN(C(=O)[C@@H]2CCCN2C)CC1. The maximum Gasteiger partial charge on any atom is 0.257 e. The van der Waals surface area contributed by atoms with Gasteiger partial charge in [-0.05, 0) is 46.7 Å². The van der Waals surface area contributed by atoms with Crippen LogP contribution in [0.5, 0.6) is 0 Å². The van der Waals surface area contributed by atoms with E-state index < -0.39 is 0 Å². The zero-order valence-electron chi connectivity index (χ0n) is 15.4.